The molecule has 0 aromatic heterocycles. The van der Waals surface area contributed by atoms with Gasteiger partial charge in [-0.15, -0.1) is 11.6 Å². The first-order chi connectivity index (χ1) is 9.33. The third kappa shape index (κ3) is 4.03. The topological polar surface area (TPSA) is 32.3 Å². The van der Waals surface area contributed by atoms with Crippen LogP contribution in [0.5, 0.6) is 0 Å². The van der Waals surface area contributed by atoms with Crippen LogP contribution in [0, 0.1) is 0 Å². The highest BCUT2D eigenvalue weighted by Crippen LogP contribution is 2.35. The van der Waals surface area contributed by atoms with E-state index in [1.165, 1.54) is 6.07 Å². The molecule has 0 unspecified atom stereocenters. The fourth-order valence-corrected chi connectivity index (χ4v) is 1.90. The summed E-state index contributed by atoms with van der Waals surface area (Å²) in [6.45, 7) is 5.00. The zero-order valence-electron chi connectivity index (χ0n) is 11.2. The summed E-state index contributed by atoms with van der Waals surface area (Å²) >= 11 is 5.38. The molecule has 0 aliphatic heterocycles. The smallest absolute Gasteiger partial charge is 0.370 e. The lowest BCUT2D eigenvalue weighted by Crippen LogP contribution is -2.25. The van der Waals surface area contributed by atoms with Gasteiger partial charge in [0.1, 0.15) is 5.88 Å². The number of halogens is 4. The molecular weight excluding hydrogens is 293 g/mol. The van der Waals surface area contributed by atoms with E-state index in [-0.39, 0.29) is 11.6 Å². The molecule has 0 spiro atoms. The van der Waals surface area contributed by atoms with Gasteiger partial charge in [0, 0.05) is 13.1 Å². The van der Waals surface area contributed by atoms with Crippen LogP contribution in [0.25, 0.3) is 0 Å². The average Bonchev–Trinajstić information content (AvgIpc) is 2.40. The van der Waals surface area contributed by atoms with Crippen LogP contribution >= 0.6 is 11.6 Å². The van der Waals surface area contributed by atoms with Crippen LogP contribution in [-0.4, -0.2) is 24.9 Å². The Hall–Kier alpha value is -1.43. The molecule has 1 aromatic carbocycles. The Morgan fingerprint density at radius 2 is 1.90 bits per heavy atom. The van der Waals surface area contributed by atoms with Crippen LogP contribution < -0.4 is 10.2 Å². The van der Waals surface area contributed by atoms with Crippen LogP contribution in [0.15, 0.2) is 18.2 Å². The number of hydrogen-bond donors (Lipinski definition) is 1. The molecule has 7 heteroatoms. The summed E-state index contributed by atoms with van der Waals surface area (Å²) in [6.07, 6.45) is -4.46. The van der Waals surface area contributed by atoms with Gasteiger partial charge < -0.3 is 10.2 Å². The summed E-state index contributed by atoms with van der Waals surface area (Å²) in [7, 11) is 0. The lowest BCUT2D eigenvalue weighted by atomic mass is 10.1. The molecule has 0 atom stereocenters. The van der Waals surface area contributed by atoms with Gasteiger partial charge in [0.2, 0.25) is 5.91 Å². The van der Waals surface area contributed by atoms with E-state index in [1.54, 1.807) is 0 Å². The molecule has 0 heterocycles. The monoisotopic (exact) mass is 308 g/mol. The standard InChI is InChI=1S/C13H16ClF3N2O/c1-3-19(4-2)11-6-5-9(13(15,16)17)7-10(11)18-12(20)8-14/h5-7H,3-4,8H2,1-2H3,(H,18,20). The molecular formula is C13H16ClF3N2O. The van der Waals surface area contributed by atoms with Crippen LogP contribution in [0.4, 0.5) is 24.5 Å². The molecule has 0 fully saturated rings. The predicted molar refractivity (Wildman–Crippen MR) is 74.4 cm³/mol. The number of nitrogens with one attached hydrogen (secondary N) is 1. The minimum atomic E-state index is -4.46. The number of hydrogen-bond acceptors (Lipinski definition) is 2. The second-order valence-electron chi connectivity index (χ2n) is 4.08. The molecule has 0 saturated heterocycles. The molecule has 112 valence electrons. The van der Waals surface area contributed by atoms with Crippen molar-refractivity contribution in [3.63, 3.8) is 0 Å². The largest absolute Gasteiger partial charge is 0.416 e. The molecule has 0 aliphatic rings. The number of rotatable bonds is 5. The van der Waals surface area contributed by atoms with Gasteiger partial charge in [-0.2, -0.15) is 13.2 Å². The predicted octanol–water partition coefficient (Wildman–Crippen LogP) is 3.73. The maximum Gasteiger partial charge on any atom is 0.416 e. The Morgan fingerprint density at radius 3 is 2.35 bits per heavy atom. The number of carbonyl (C=O) groups is 1. The van der Waals surface area contributed by atoms with Crippen LogP contribution in [0.2, 0.25) is 0 Å². The average molecular weight is 309 g/mol. The lowest BCUT2D eigenvalue weighted by Gasteiger charge is -2.25. The van der Waals surface area contributed by atoms with E-state index < -0.39 is 17.6 Å². The van der Waals surface area contributed by atoms with Crippen LogP contribution in [0.3, 0.4) is 0 Å². The zero-order valence-corrected chi connectivity index (χ0v) is 12.0. The maximum atomic E-state index is 12.7. The number of amides is 1. The molecule has 1 aromatic rings. The number of nitrogens with zero attached hydrogens (tertiary/aromatic N) is 1. The molecule has 0 saturated carbocycles. The summed E-state index contributed by atoms with van der Waals surface area (Å²) in [5, 5.41) is 2.41. The van der Waals surface area contributed by atoms with Gasteiger partial charge in [0.05, 0.1) is 16.9 Å². The molecule has 1 amide bonds. The van der Waals surface area contributed by atoms with Gasteiger partial charge in [-0.1, -0.05) is 0 Å². The van der Waals surface area contributed by atoms with E-state index in [1.807, 2.05) is 18.7 Å². The van der Waals surface area contributed by atoms with Gasteiger partial charge in [-0.05, 0) is 32.0 Å². The first-order valence-corrected chi connectivity index (χ1v) is 6.68. The minimum Gasteiger partial charge on any atom is -0.370 e. The van der Waals surface area contributed by atoms with Crippen molar-refractivity contribution >= 4 is 28.9 Å². The van der Waals surface area contributed by atoms with Crippen molar-refractivity contribution in [3.8, 4) is 0 Å². The van der Waals surface area contributed by atoms with E-state index in [2.05, 4.69) is 5.32 Å². The highest BCUT2D eigenvalue weighted by molar-refractivity contribution is 6.29. The van der Waals surface area contributed by atoms with Crippen molar-refractivity contribution in [2.75, 3.05) is 29.2 Å². The SMILES string of the molecule is CCN(CC)c1ccc(C(F)(F)F)cc1NC(=O)CCl. The summed E-state index contributed by atoms with van der Waals surface area (Å²) < 4.78 is 38.2. The molecule has 3 nitrogen and oxygen atoms in total. The molecule has 0 radical (unpaired) electrons. The minimum absolute atomic E-state index is 0.120. The zero-order chi connectivity index (χ0) is 15.3. The fourth-order valence-electron chi connectivity index (χ4n) is 1.84. The Labute approximate surface area is 120 Å². The molecule has 0 aliphatic carbocycles. The van der Waals surface area contributed by atoms with Gasteiger partial charge in [-0.25, -0.2) is 0 Å². The number of benzene rings is 1. The summed E-state index contributed by atoms with van der Waals surface area (Å²) in [5.41, 5.74) is -0.145. The first kappa shape index (κ1) is 16.6. The number of alkyl halides is 4. The van der Waals surface area contributed by atoms with Gasteiger partial charge in [0.25, 0.3) is 0 Å². The molecule has 1 N–H and O–H groups in total. The van der Waals surface area contributed by atoms with Crippen molar-refractivity contribution in [2.45, 2.75) is 20.0 Å². The Balaban J connectivity index is 3.26. The first-order valence-electron chi connectivity index (χ1n) is 6.15. The number of carbonyl (C=O) groups excluding carboxylic acids is 1. The Morgan fingerprint density at radius 1 is 1.30 bits per heavy atom. The van der Waals surface area contributed by atoms with Gasteiger partial charge >= 0.3 is 6.18 Å². The third-order valence-corrected chi connectivity index (χ3v) is 3.07. The maximum absolute atomic E-state index is 12.7. The molecule has 20 heavy (non-hydrogen) atoms. The van der Waals surface area contributed by atoms with Crippen molar-refractivity contribution in [1.82, 2.24) is 0 Å². The van der Waals surface area contributed by atoms with Crippen molar-refractivity contribution in [2.24, 2.45) is 0 Å². The van der Waals surface area contributed by atoms with E-state index in [4.69, 9.17) is 11.6 Å². The second-order valence-corrected chi connectivity index (χ2v) is 4.35. The fraction of sp³-hybridized carbons (Fsp3) is 0.462. The van der Waals surface area contributed by atoms with E-state index in [0.29, 0.717) is 18.8 Å². The van der Waals surface area contributed by atoms with Gasteiger partial charge in [0.15, 0.2) is 0 Å². The Kier molecular flexibility index (Phi) is 5.68. The quantitative estimate of drug-likeness (QED) is 0.841. The Bertz CT molecular complexity index is 473. The van der Waals surface area contributed by atoms with Crippen molar-refractivity contribution in [1.29, 1.82) is 0 Å². The third-order valence-electron chi connectivity index (χ3n) is 2.82. The number of anilines is 2. The summed E-state index contributed by atoms with van der Waals surface area (Å²) in [5.74, 6) is -0.854. The van der Waals surface area contributed by atoms with Crippen LogP contribution in [0.1, 0.15) is 19.4 Å². The van der Waals surface area contributed by atoms with E-state index in [0.717, 1.165) is 12.1 Å². The van der Waals surface area contributed by atoms with Crippen molar-refractivity contribution in [3.05, 3.63) is 23.8 Å². The van der Waals surface area contributed by atoms with Crippen molar-refractivity contribution < 1.29 is 18.0 Å². The molecule has 0 bridgehead atoms. The normalized spacial score (nSPS) is 11.3. The van der Waals surface area contributed by atoms with Gasteiger partial charge in [-0.3, -0.25) is 4.79 Å². The van der Waals surface area contributed by atoms with E-state index >= 15 is 0 Å². The highest BCUT2D eigenvalue weighted by Gasteiger charge is 2.31. The highest BCUT2D eigenvalue weighted by atomic mass is 35.5. The summed E-state index contributed by atoms with van der Waals surface area (Å²) in [6, 6.07) is 3.29. The second kappa shape index (κ2) is 6.83. The summed E-state index contributed by atoms with van der Waals surface area (Å²) in [4.78, 5) is 13.2. The van der Waals surface area contributed by atoms with Crippen LogP contribution in [-0.2, 0) is 11.0 Å². The lowest BCUT2D eigenvalue weighted by molar-refractivity contribution is -0.137. The molecule has 1 rings (SSSR count). The van der Waals surface area contributed by atoms with E-state index in [9.17, 15) is 18.0 Å².